The van der Waals surface area contributed by atoms with E-state index in [9.17, 15) is 5.11 Å². The van der Waals surface area contributed by atoms with Crippen LogP contribution < -0.4 is 10.2 Å². The van der Waals surface area contributed by atoms with Gasteiger partial charge in [-0.25, -0.2) is 0 Å². The van der Waals surface area contributed by atoms with E-state index in [4.69, 9.17) is 11.6 Å². The lowest BCUT2D eigenvalue weighted by Gasteiger charge is -2.21. The van der Waals surface area contributed by atoms with Gasteiger partial charge < -0.3 is 15.3 Å². The van der Waals surface area contributed by atoms with Crippen LogP contribution in [0.1, 0.15) is 31.7 Å². The summed E-state index contributed by atoms with van der Waals surface area (Å²) in [6.07, 6.45) is 3.07. The number of aliphatic hydroxyl groups is 1. The van der Waals surface area contributed by atoms with Crippen LogP contribution in [0.25, 0.3) is 0 Å². The summed E-state index contributed by atoms with van der Waals surface area (Å²) in [6.45, 7) is 3.50. The molecule has 1 unspecified atom stereocenters. The first kappa shape index (κ1) is 14.6. The molecule has 0 heterocycles. The van der Waals surface area contributed by atoms with Crippen LogP contribution in [0, 0.1) is 0 Å². The van der Waals surface area contributed by atoms with E-state index in [-0.39, 0.29) is 6.10 Å². The van der Waals surface area contributed by atoms with Gasteiger partial charge >= 0.3 is 0 Å². The van der Waals surface area contributed by atoms with E-state index < -0.39 is 0 Å². The molecule has 1 aromatic carbocycles. The minimum absolute atomic E-state index is 0.275. The molecule has 4 heteroatoms. The van der Waals surface area contributed by atoms with Crippen molar-refractivity contribution in [3.8, 4) is 0 Å². The first-order chi connectivity index (χ1) is 9.06. The third-order valence-electron chi connectivity index (χ3n) is 3.48. The van der Waals surface area contributed by atoms with Crippen LogP contribution in [0.2, 0.25) is 5.02 Å². The summed E-state index contributed by atoms with van der Waals surface area (Å²) in [5.41, 5.74) is 2.25. The predicted molar refractivity (Wildman–Crippen MR) is 80.9 cm³/mol. The number of nitrogens with one attached hydrogen (secondary N) is 1. The van der Waals surface area contributed by atoms with Crippen LogP contribution in [-0.4, -0.2) is 30.8 Å². The third-order valence-corrected chi connectivity index (χ3v) is 3.78. The highest BCUT2D eigenvalue weighted by molar-refractivity contribution is 6.33. The fourth-order valence-corrected chi connectivity index (χ4v) is 2.37. The first-order valence-corrected chi connectivity index (χ1v) is 7.35. The molecule has 2 N–H and O–H groups in total. The minimum Gasteiger partial charge on any atom is -0.393 e. The van der Waals surface area contributed by atoms with Crippen molar-refractivity contribution < 1.29 is 5.11 Å². The van der Waals surface area contributed by atoms with Crippen molar-refractivity contribution in [1.29, 1.82) is 0 Å². The van der Waals surface area contributed by atoms with Crippen molar-refractivity contribution >= 4 is 17.3 Å². The zero-order valence-electron chi connectivity index (χ0n) is 11.7. The van der Waals surface area contributed by atoms with E-state index in [0.717, 1.165) is 30.2 Å². The molecule has 0 saturated heterocycles. The molecule has 1 saturated carbocycles. The Hall–Kier alpha value is -0.770. The second-order valence-electron chi connectivity index (χ2n) is 5.50. The van der Waals surface area contributed by atoms with Gasteiger partial charge in [-0.15, -0.1) is 0 Å². The summed E-state index contributed by atoms with van der Waals surface area (Å²) < 4.78 is 0. The molecule has 0 aliphatic heterocycles. The number of halogens is 1. The van der Waals surface area contributed by atoms with Crippen LogP contribution in [0.5, 0.6) is 0 Å². The second kappa shape index (κ2) is 6.60. The highest BCUT2D eigenvalue weighted by atomic mass is 35.5. The molecule has 0 amide bonds. The maximum absolute atomic E-state index is 9.32. The average Bonchev–Trinajstić information content (AvgIpc) is 3.17. The van der Waals surface area contributed by atoms with Gasteiger partial charge in [0.15, 0.2) is 0 Å². The van der Waals surface area contributed by atoms with Crippen molar-refractivity contribution in [1.82, 2.24) is 5.32 Å². The van der Waals surface area contributed by atoms with Gasteiger partial charge in [-0.3, -0.25) is 0 Å². The molecule has 1 fully saturated rings. The summed E-state index contributed by atoms with van der Waals surface area (Å²) in [7, 11) is 2.01. The number of aliphatic hydroxyl groups excluding tert-OH is 1. The summed E-state index contributed by atoms with van der Waals surface area (Å²) in [5.74, 6) is 0. The quantitative estimate of drug-likeness (QED) is 0.807. The van der Waals surface area contributed by atoms with E-state index >= 15 is 0 Å². The van der Waals surface area contributed by atoms with E-state index in [1.54, 1.807) is 0 Å². The summed E-state index contributed by atoms with van der Waals surface area (Å²) in [6, 6.07) is 6.93. The third kappa shape index (κ3) is 4.68. The Morgan fingerprint density at radius 1 is 1.47 bits per heavy atom. The molecule has 0 spiro atoms. The fourth-order valence-electron chi connectivity index (χ4n) is 2.02. The largest absolute Gasteiger partial charge is 0.393 e. The van der Waals surface area contributed by atoms with Crippen molar-refractivity contribution in [2.24, 2.45) is 0 Å². The Kier molecular flexibility index (Phi) is 5.08. The van der Waals surface area contributed by atoms with Crippen LogP contribution in [0.3, 0.4) is 0 Å². The molecule has 1 aliphatic rings. The number of benzene rings is 1. The first-order valence-electron chi connectivity index (χ1n) is 6.97. The maximum atomic E-state index is 9.32. The highest BCUT2D eigenvalue weighted by Crippen LogP contribution is 2.27. The smallest absolute Gasteiger partial charge is 0.0642 e. The Morgan fingerprint density at radius 3 is 2.79 bits per heavy atom. The van der Waals surface area contributed by atoms with Crippen molar-refractivity contribution in [2.75, 3.05) is 18.5 Å². The van der Waals surface area contributed by atoms with Crippen LogP contribution in [0.4, 0.5) is 5.69 Å². The zero-order valence-corrected chi connectivity index (χ0v) is 12.5. The lowest BCUT2D eigenvalue weighted by atomic mass is 10.2. The van der Waals surface area contributed by atoms with E-state index in [0.29, 0.717) is 6.04 Å². The van der Waals surface area contributed by atoms with Crippen molar-refractivity contribution in [3.63, 3.8) is 0 Å². The van der Waals surface area contributed by atoms with Crippen molar-refractivity contribution in [2.45, 2.75) is 44.9 Å². The Morgan fingerprint density at radius 2 is 2.21 bits per heavy atom. The van der Waals surface area contributed by atoms with Gasteiger partial charge in [0.2, 0.25) is 0 Å². The van der Waals surface area contributed by atoms with Crippen LogP contribution >= 0.6 is 11.6 Å². The molecule has 2 rings (SSSR count). The molecule has 1 atom stereocenters. The topological polar surface area (TPSA) is 35.5 Å². The number of hydrogen-bond donors (Lipinski definition) is 2. The maximum Gasteiger partial charge on any atom is 0.0642 e. The van der Waals surface area contributed by atoms with Gasteiger partial charge in [0.05, 0.1) is 16.8 Å². The highest BCUT2D eigenvalue weighted by Gasteiger charge is 2.20. The molecule has 19 heavy (non-hydrogen) atoms. The lowest BCUT2D eigenvalue weighted by molar-refractivity contribution is 0.187. The molecular formula is C15H23ClN2O. The summed E-state index contributed by atoms with van der Waals surface area (Å²) in [5, 5.41) is 13.6. The second-order valence-corrected chi connectivity index (χ2v) is 5.91. The van der Waals surface area contributed by atoms with Crippen molar-refractivity contribution in [3.05, 3.63) is 28.8 Å². The predicted octanol–water partition coefficient (Wildman–Crippen LogP) is 2.80. The van der Waals surface area contributed by atoms with Crippen LogP contribution in [0.15, 0.2) is 18.2 Å². The Bertz CT molecular complexity index is 419. The minimum atomic E-state index is -0.275. The van der Waals surface area contributed by atoms with Crippen LogP contribution in [-0.2, 0) is 6.54 Å². The van der Waals surface area contributed by atoms with Gasteiger partial charge in [-0.2, -0.15) is 0 Å². The Labute approximate surface area is 120 Å². The molecule has 1 aromatic rings. The zero-order chi connectivity index (χ0) is 13.8. The van der Waals surface area contributed by atoms with Gasteiger partial charge in [0, 0.05) is 26.2 Å². The normalized spacial score (nSPS) is 16.4. The monoisotopic (exact) mass is 282 g/mol. The molecule has 3 nitrogen and oxygen atoms in total. The molecular weight excluding hydrogens is 260 g/mol. The van der Waals surface area contributed by atoms with Gasteiger partial charge in [-0.05, 0) is 43.9 Å². The van der Waals surface area contributed by atoms with E-state index in [1.165, 1.54) is 18.4 Å². The number of nitrogens with zero attached hydrogens (tertiary/aromatic N) is 1. The van der Waals surface area contributed by atoms with E-state index in [1.807, 2.05) is 20.0 Å². The summed E-state index contributed by atoms with van der Waals surface area (Å²) in [4.78, 5) is 2.09. The lowest BCUT2D eigenvalue weighted by Crippen LogP contribution is -2.22. The average molecular weight is 283 g/mol. The number of rotatable bonds is 7. The number of hydrogen-bond acceptors (Lipinski definition) is 3. The fraction of sp³-hybridized carbons (Fsp3) is 0.600. The summed E-state index contributed by atoms with van der Waals surface area (Å²) >= 11 is 6.34. The molecule has 0 aromatic heterocycles. The Balaban J connectivity index is 1.92. The SMILES string of the molecule is CC(O)CCN(C)c1ccc(CNC2CC2)cc1Cl. The molecule has 0 bridgehead atoms. The molecule has 106 valence electrons. The standard InChI is InChI=1S/C15H23ClN2O/c1-11(19)7-8-18(2)15-6-3-12(9-14(15)16)10-17-13-4-5-13/h3,6,9,11,13,17,19H,4-5,7-8,10H2,1-2H3. The van der Waals surface area contributed by atoms with Gasteiger partial charge in [0.25, 0.3) is 0 Å². The molecule has 1 aliphatic carbocycles. The molecule has 0 radical (unpaired) electrons. The van der Waals surface area contributed by atoms with E-state index in [2.05, 4.69) is 22.3 Å². The number of anilines is 1. The van der Waals surface area contributed by atoms with Gasteiger partial charge in [-0.1, -0.05) is 17.7 Å². The van der Waals surface area contributed by atoms with Gasteiger partial charge in [0.1, 0.15) is 0 Å².